The summed E-state index contributed by atoms with van der Waals surface area (Å²) in [7, 11) is -4.07. The van der Waals surface area contributed by atoms with Crippen molar-refractivity contribution in [1.29, 1.82) is 0 Å². The Bertz CT molecular complexity index is 1340. The van der Waals surface area contributed by atoms with E-state index in [-0.39, 0.29) is 12.5 Å². The van der Waals surface area contributed by atoms with E-state index in [1.165, 1.54) is 4.90 Å². The van der Waals surface area contributed by atoms with E-state index in [0.717, 1.165) is 10.8 Å². The number of carbonyl (C=O) groups is 5. The molecule has 204 valence electrons. The van der Waals surface area contributed by atoms with Gasteiger partial charge in [0.1, 0.15) is 24.1 Å². The molecular weight excluding hydrogens is 512 g/mol. The molecule has 12 heteroatoms. The van der Waals surface area contributed by atoms with Crippen LogP contribution in [-0.4, -0.2) is 73.5 Å². The van der Waals surface area contributed by atoms with Gasteiger partial charge in [0.25, 0.3) is 5.91 Å². The first kappa shape index (κ1) is 28.9. The second kappa shape index (κ2) is 12.3. The van der Waals surface area contributed by atoms with Crippen LogP contribution in [0.1, 0.15) is 43.5 Å². The quantitative estimate of drug-likeness (QED) is 0.346. The molecule has 2 aromatic rings. The number of sulfonamides is 1. The van der Waals surface area contributed by atoms with E-state index in [4.69, 9.17) is 5.14 Å². The number of fused-ring (bicyclic) bond motifs is 1. The fourth-order valence-corrected chi connectivity index (χ4v) is 5.06. The van der Waals surface area contributed by atoms with Crippen molar-refractivity contribution in [2.24, 2.45) is 11.1 Å². The maximum Gasteiger partial charge on any atom is 0.251 e. The number of Topliss-reactive ketones (excluding diaryl/α,β-unsaturated/α-hetero) is 1. The van der Waals surface area contributed by atoms with E-state index < -0.39 is 63.8 Å². The number of aldehydes is 1. The predicted octanol–water partition coefficient (Wildman–Crippen LogP) is 0.517. The van der Waals surface area contributed by atoms with Gasteiger partial charge in [-0.05, 0) is 41.7 Å². The molecular formula is C26H32N4O7S. The Morgan fingerprint density at radius 3 is 2.39 bits per heavy atom. The van der Waals surface area contributed by atoms with Crippen molar-refractivity contribution in [3.63, 3.8) is 0 Å². The zero-order valence-corrected chi connectivity index (χ0v) is 22.1. The lowest BCUT2D eigenvalue weighted by Crippen LogP contribution is -2.56. The Balaban J connectivity index is 1.69. The highest BCUT2D eigenvalue weighted by Crippen LogP contribution is 2.22. The number of carbonyl (C=O) groups excluding carboxylic acids is 5. The highest BCUT2D eigenvalue weighted by molar-refractivity contribution is 7.89. The number of rotatable bonds is 11. The van der Waals surface area contributed by atoms with E-state index in [2.05, 4.69) is 10.6 Å². The lowest BCUT2D eigenvalue weighted by atomic mass is 10.0. The van der Waals surface area contributed by atoms with Crippen LogP contribution in [0.15, 0.2) is 42.5 Å². The van der Waals surface area contributed by atoms with Gasteiger partial charge in [0.15, 0.2) is 5.78 Å². The molecule has 0 bridgehead atoms. The standard InChI is InChI=1S/C26H32N4O7S/c1-16(2)23(29-24(33)19-10-9-17-6-3-4-7-18(17)12-19)26(35)30-11-5-8-22(30)25(34)28-20(14-31)13-21(32)15-38(27,36)37/h3-4,6-7,9-10,12,14,16,20,22-23H,5,8,11,13,15H2,1-2H3,(H,28,34)(H,29,33)(H2,27,36,37)/t20-,22-,23-/m0/s1. The molecule has 0 spiro atoms. The summed E-state index contributed by atoms with van der Waals surface area (Å²) in [5.74, 6) is -3.54. The van der Waals surface area contributed by atoms with Gasteiger partial charge in [0.2, 0.25) is 21.8 Å². The Morgan fingerprint density at radius 2 is 1.76 bits per heavy atom. The molecule has 0 radical (unpaired) electrons. The Hall–Kier alpha value is -3.64. The smallest absolute Gasteiger partial charge is 0.251 e. The summed E-state index contributed by atoms with van der Waals surface area (Å²) < 4.78 is 22.2. The van der Waals surface area contributed by atoms with Crippen molar-refractivity contribution in [2.75, 3.05) is 12.3 Å². The molecule has 4 N–H and O–H groups in total. The van der Waals surface area contributed by atoms with E-state index in [1.807, 2.05) is 30.3 Å². The van der Waals surface area contributed by atoms with Crippen LogP contribution < -0.4 is 15.8 Å². The lowest BCUT2D eigenvalue weighted by Gasteiger charge is -2.31. The fourth-order valence-electron chi connectivity index (χ4n) is 4.49. The average Bonchev–Trinajstić information content (AvgIpc) is 3.35. The summed E-state index contributed by atoms with van der Waals surface area (Å²) >= 11 is 0. The Morgan fingerprint density at radius 1 is 1.08 bits per heavy atom. The van der Waals surface area contributed by atoms with Crippen LogP contribution in [0.4, 0.5) is 0 Å². The first-order chi connectivity index (χ1) is 17.9. The SMILES string of the molecule is CC(C)[C@H](NC(=O)c1ccc2ccccc2c1)C(=O)N1CCC[C@H]1C(=O)N[C@H](C=O)CC(=O)CS(N)(=O)=O. The second-order valence-corrected chi connectivity index (χ2v) is 11.4. The largest absolute Gasteiger partial charge is 0.344 e. The van der Waals surface area contributed by atoms with Crippen LogP contribution >= 0.6 is 0 Å². The molecule has 1 fully saturated rings. The number of primary sulfonamides is 1. The van der Waals surface area contributed by atoms with Crippen LogP contribution in [0.25, 0.3) is 10.8 Å². The molecule has 0 aromatic heterocycles. The maximum atomic E-state index is 13.5. The number of amides is 3. The van der Waals surface area contributed by atoms with Gasteiger partial charge in [-0.3, -0.25) is 19.2 Å². The molecule has 0 saturated carbocycles. The van der Waals surface area contributed by atoms with Gasteiger partial charge in [-0.25, -0.2) is 13.6 Å². The van der Waals surface area contributed by atoms with Crippen molar-refractivity contribution in [3.8, 4) is 0 Å². The van der Waals surface area contributed by atoms with Gasteiger partial charge < -0.3 is 20.3 Å². The minimum atomic E-state index is -4.07. The molecule has 3 amide bonds. The minimum absolute atomic E-state index is 0.280. The molecule has 0 aliphatic carbocycles. The van der Waals surface area contributed by atoms with Crippen LogP contribution in [-0.2, 0) is 29.2 Å². The van der Waals surface area contributed by atoms with Crippen molar-refractivity contribution in [1.82, 2.24) is 15.5 Å². The van der Waals surface area contributed by atoms with E-state index >= 15 is 0 Å². The Labute approximate surface area is 221 Å². The average molecular weight is 545 g/mol. The fraction of sp³-hybridized carbons (Fsp3) is 0.423. The van der Waals surface area contributed by atoms with Gasteiger partial charge >= 0.3 is 0 Å². The molecule has 1 aliphatic rings. The number of nitrogens with two attached hydrogens (primary N) is 1. The molecule has 1 heterocycles. The summed E-state index contributed by atoms with van der Waals surface area (Å²) in [6.45, 7) is 3.85. The van der Waals surface area contributed by atoms with E-state index in [1.54, 1.807) is 26.0 Å². The summed E-state index contributed by atoms with van der Waals surface area (Å²) in [4.78, 5) is 64.2. The predicted molar refractivity (Wildman–Crippen MR) is 140 cm³/mol. The van der Waals surface area contributed by atoms with Gasteiger partial charge in [-0.1, -0.05) is 44.2 Å². The number of likely N-dealkylation sites (tertiary alicyclic amines) is 1. The summed E-state index contributed by atoms with van der Waals surface area (Å²) in [6.07, 6.45) is 0.657. The summed E-state index contributed by atoms with van der Waals surface area (Å²) in [5, 5.41) is 11.9. The van der Waals surface area contributed by atoms with Crippen molar-refractivity contribution < 1.29 is 32.4 Å². The third-order valence-corrected chi connectivity index (χ3v) is 7.10. The van der Waals surface area contributed by atoms with Crippen molar-refractivity contribution in [3.05, 3.63) is 48.0 Å². The second-order valence-electron chi connectivity index (χ2n) is 9.75. The van der Waals surface area contributed by atoms with Gasteiger partial charge in [-0.2, -0.15) is 0 Å². The van der Waals surface area contributed by atoms with E-state index in [0.29, 0.717) is 24.7 Å². The van der Waals surface area contributed by atoms with Gasteiger partial charge in [0, 0.05) is 18.5 Å². The van der Waals surface area contributed by atoms with Crippen LogP contribution in [0.3, 0.4) is 0 Å². The number of nitrogens with one attached hydrogen (secondary N) is 2. The molecule has 3 rings (SSSR count). The monoisotopic (exact) mass is 544 g/mol. The number of nitrogens with zero attached hydrogens (tertiary/aromatic N) is 1. The number of benzene rings is 2. The van der Waals surface area contributed by atoms with Crippen molar-refractivity contribution in [2.45, 2.75) is 51.2 Å². The molecule has 1 aliphatic heterocycles. The number of ketones is 1. The zero-order valence-electron chi connectivity index (χ0n) is 21.3. The van der Waals surface area contributed by atoms with E-state index in [9.17, 15) is 32.4 Å². The van der Waals surface area contributed by atoms with Crippen LogP contribution in [0, 0.1) is 5.92 Å². The zero-order chi connectivity index (χ0) is 28.0. The van der Waals surface area contributed by atoms with Crippen LogP contribution in [0.2, 0.25) is 0 Å². The molecule has 1 saturated heterocycles. The Kier molecular flexibility index (Phi) is 9.34. The normalized spacial score (nSPS) is 17.2. The molecule has 0 unspecified atom stereocenters. The summed E-state index contributed by atoms with van der Waals surface area (Å²) in [6, 6.07) is 9.78. The lowest BCUT2D eigenvalue weighted by molar-refractivity contribution is -0.141. The highest BCUT2D eigenvalue weighted by Gasteiger charge is 2.39. The third kappa shape index (κ3) is 7.45. The minimum Gasteiger partial charge on any atom is -0.344 e. The first-order valence-corrected chi connectivity index (χ1v) is 14.0. The number of hydrogen-bond donors (Lipinski definition) is 3. The summed E-state index contributed by atoms with van der Waals surface area (Å²) in [5.41, 5.74) is 0.399. The van der Waals surface area contributed by atoms with Gasteiger partial charge in [-0.15, -0.1) is 0 Å². The van der Waals surface area contributed by atoms with Crippen molar-refractivity contribution >= 4 is 50.6 Å². The van der Waals surface area contributed by atoms with Gasteiger partial charge in [0.05, 0.1) is 6.04 Å². The maximum absolute atomic E-state index is 13.5. The topological polar surface area (TPSA) is 173 Å². The van der Waals surface area contributed by atoms with Crippen LogP contribution in [0.5, 0.6) is 0 Å². The highest BCUT2D eigenvalue weighted by atomic mass is 32.2. The third-order valence-electron chi connectivity index (χ3n) is 6.37. The first-order valence-electron chi connectivity index (χ1n) is 12.3. The number of hydrogen-bond acceptors (Lipinski definition) is 7. The molecule has 3 atom stereocenters. The molecule has 11 nitrogen and oxygen atoms in total. The molecule has 2 aromatic carbocycles. The molecule has 38 heavy (non-hydrogen) atoms.